The van der Waals surface area contributed by atoms with Crippen LogP contribution in [0.2, 0.25) is 0 Å². The van der Waals surface area contributed by atoms with Gasteiger partial charge in [-0.15, -0.1) is 0 Å². The third-order valence-electron chi connectivity index (χ3n) is 1.47. The van der Waals surface area contributed by atoms with E-state index in [1.807, 2.05) is 0 Å². The molecule has 4 nitrogen and oxygen atoms in total. The summed E-state index contributed by atoms with van der Waals surface area (Å²) in [4.78, 5) is 15.0. The predicted octanol–water partition coefficient (Wildman–Crippen LogP) is 2.02. The highest BCUT2D eigenvalue weighted by Gasteiger charge is 2.06. The number of nitrogens with zero attached hydrogens (tertiary/aromatic N) is 1. The Hall–Kier alpha value is -0.850. The maximum absolute atomic E-state index is 11.0. The largest absolute Gasteiger partial charge is 0.481 e. The van der Waals surface area contributed by atoms with Crippen molar-refractivity contribution in [3.63, 3.8) is 0 Å². The highest BCUT2D eigenvalue weighted by atomic mass is 127. The van der Waals surface area contributed by atoms with Crippen LogP contribution in [0.25, 0.3) is 0 Å². The van der Waals surface area contributed by atoms with Gasteiger partial charge in [0.25, 0.3) is 0 Å². The summed E-state index contributed by atoms with van der Waals surface area (Å²) < 4.78 is 9.77. The molecule has 0 saturated heterocycles. The second kappa shape index (κ2) is 4.40. The lowest BCUT2D eigenvalue weighted by Crippen LogP contribution is -1.96. The summed E-state index contributed by atoms with van der Waals surface area (Å²) in [6.45, 7) is 1.48. The summed E-state index contributed by atoms with van der Waals surface area (Å²) >= 11 is 1.70. The molecule has 0 saturated carbocycles. The van der Waals surface area contributed by atoms with Crippen LogP contribution in [0.5, 0.6) is 11.8 Å². The lowest BCUT2D eigenvalue weighted by molar-refractivity contribution is 0.101. The van der Waals surface area contributed by atoms with Gasteiger partial charge in [-0.05, 0) is 6.92 Å². The second-order valence-corrected chi connectivity index (χ2v) is 2.81. The van der Waals surface area contributed by atoms with E-state index in [0.717, 1.165) is 0 Å². The number of ketones is 1. The normalized spacial score (nSPS) is 9.46. The fraction of sp³-hybridized carbons (Fsp3) is 0.250. The summed E-state index contributed by atoms with van der Waals surface area (Å²) in [6.07, 6.45) is 0. The molecular formula is C8H8INO3. The molecule has 0 aliphatic carbocycles. The zero-order chi connectivity index (χ0) is 9.84. The first-order chi connectivity index (χ1) is 6.17. The fourth-order valence-electron chi connectivity index (χ4n) is 0.828. The van der Waals surface area contributed by atoms with Gasteiger partial charge >= 0.3 is 0 Å². The van der Waals surface area contributed by atoms with Crippen LogP contribution in [0, 0.1) is 0 Å². The number of pyridine rings is 1. The van der Waals surface area contributed by atoms with E-state index in [1.54, 1.807) is 35.1 Å². The van der Waals surface area contributed by atoms with Crippen molar-refractivity contribution in [2.24, 2.45) is 0 Å². The summed E-state index contributed by atoms with van der Waals surface area (Å²) in [6, 6.07) is 3.14. The van der Waals surface area contributed by atoms with E-state index in [-0.39, 0.29) is 5.78 Å². The standard InChI is InChI=1S/C8H8INO3/c1-5(11)6-3-7(12-2)10-8(4-6)13-9/h3-4H,1-2H3. The first-order valence-electron chi connectivity index (χ1n) is 3.53. The average Bonchev–Trinajstić information content (AvgIpc) is 2.16. The van der Waals surface area contributed by atoms with Crippen LogP contribution in [0.15, 0.2) is 12.1 Å². The molecule has 0 spiro atoms. The lowest BCUT2D eigenvalue weighted by atomic mass is 10.2. The van der Waals surface area contributed by atoms with Crippen molar-refractivity contribution in [3.8, 4) is 11.8 Å². The van der Waals surface area contributed by atoms with Gasteiger partial charge in [-0.2, -0.15) is 4.98 Å². The molecule has 0 amide bonds. The molecule has 13 heavy (non-hydrogen) atoms. The van der Waals surface area contributed by atoms with Gasteiger partial charge in [-0.3, -0.25) is 4.79 Å². The second-order valence-electron chi connectivity index (χ2n) is 2.37. The van der Waals surface area contributed by atoms with Gasteiger partial charge in [0.15, 0.2) is 28.8 Å². The number of carbonyl (C=O) groups is 1. The number of aromatic nitrogens is 1. The molecule has 0 atom stereocenters. The van der Waals surface area contributed by atoms with Crippen molar-refractivity contribution >= 4 is 28.8 Å². The minimum Gasteiger partial charge on any atom is -0.481 e. The molecule has 0 aromatic carbocycles. The van der Waals surface area contributed by atoms with Gasteiger partial charge in [0.1, 0.15) is 0 Å². The van der Waals surface area contributed by atoms with Crippen LogP contribution in [-0.2, 0) is 0 Å². The Kier molecular flexibility index (Phi) is 3.47. The van der Waals surface area contributed by atoms with Crippen molar-refractivity contribution in [1.82, 2.24) is 4.98 Å². The van der Waals surface area contributed by atoms with E-state index in [9.17, 15) is 4.79 Å². The molecule has 0 fully saturated rings. The molecule has 0 radical (unpaired) electrons. The van der Waals surface area contributed by atoms with Gasteiger partial charge in [0, 0.05) is 17.7 Å². The van der Waals surface area contributed by atoms with E-state index in [4.69, 9.17) is 7.80 Å². The fourth-order valence-corrected chi connectivity index (χ4v) is 1.05. The van der Waals surface area contributed by atoms with Crippen molar-refractivity contribution in [3.05, 3.63) is 17.7 Å². The molecule has 70 valence electrons. The number of halogens is 1. The monoisotopic (exact) mass is 293 g/mol. The predicted molar refractivity (Wildman–Crippen MR) is 55.4 cm³/mol. The Bertz CT molecular complexity index is 305. The topological polar surface area (TPSA) is 48.4 Å². The smallest absolute Gasteiger partial charge is 0.228 e. The molecule has 0 bridgehead atoms. The molecule has 0 N–H and O–H groups in total. The maximum Gasteiger partial charge on any atom is 0.228 e. The summed E-state index contributed by atoms with van der Waals surface area (Å²) in [5.41, 5.74) is 0.526. The summed E-state index contributed by atoms with van der Waals surface area (Å²) in [5, 5.41) is 0. The highest BCUT2D eigenvalue weighted by molar-refractivity contribution is 14.1. The third kappa shape index (κ3) is 2.55. The number of carbonyl (C=O) groups excluding carboxylic acids is 1. The van der Waals surface area contributed by atoms with Crippen molar-refractivity contribution in [1.29, 1.82) is 0 Å². The number of hydrogen-bond donors (Lipinski definition) is 0. The van der Waals surface area contributed by atoms with Crippen LogP contribution in [0.1, 0.15) is 17.3 Å². The minimum atomic E-state index is -0.0459. The quantitative estimate of drug-likeness (QED) is 0.632. The Morgan fingerprint density at radius 2 is 2.08 bits per heavy atom. The molecule has 1 heterocycles. The Morgan fingerprint density at radius 1 is 1.46 bits per heavy atom. The van der Waals surface area contributed by atoms with Crippen LogP contribution >= 0.6 is 23.0 Å². The van der Waals surface area contributed by atoms with Crippen LogP contribution in [0.4, 0.5) is 0 Å². The molecule has 0 aliphatic heterocycles. The molecule has 0 unspecified atom stereocenters. The van der Waals surface area contributed by atoms with E-state index in [1.165, 1.54) is 14.0 Å². The number of hydrogen-bond acceptors (Lipinski definition) is 4. The number of Topliss-reactive ketones (excluding diaryl/α,β-unsaturated/α-hetero) is 1. The zero-order valence-corrected chi connectivity index (χ0v) is 9.36. The SMILES string of the molecule is COc1cc(C(C)=O)cc(OI)n1. The van der Waals surface area contributed by atoms with Crippen LogP contribution in [0.3, 0.4) is 0 Å². The molecular weight excluding hydrogens is 285 g/mol. The zero-order valence-electron chi connectivity index (χ0n) is 7.20. The van der Waals surface area contributed by atoms with Gasteiger partial charge in [-0.1, -0.05) is 0 Å². The lowest BCUT2D eigenvalue weighted by Gasteiger charge is -2.03. The number of ether oxygens (including phenoxy) is 1. The molecule has 1 aromatic heterocycles. The van der Waals surface area contributed by atoms with Gasteiger partial charge in [0.2, 0.25) is 11.8 Å². The van der Waals surface area contributed by atoms with Crippen molar-refractivity contribution < 1.29 is 12.6 Å². The molecule has 5 heteroatoms. The molecule has 1 rings (SSSR count). The van der Waals surface area contributed by atoms with E-state index in [0.29, 0.717) is 17.3 Å². The summed E-state index contributed by atoms with van der Waals surface area (Å²) in [7, 11) is 1.49. The van der Waals surface area contributed by atoms with E-state index in [2.05, 4.69) is 4.98 Å². The third-order valence-corrected chi connectivity index (χ3v) is 1.92. The number of methoxy groups -OCH3 is 1. The molecule has 1 aromatic rings. The first kappa shape index (κ1) is 10.2. The Morgan fingerprint density at radius 3 is 2.54 bits per heavy atom. The van der Waals surface area contributed by atoms with Crippen LogP contribution < -0.4 is 7.80 Å². The average molecular weight is 293 g/mol. The van der Waals surface area contributed by atoms with Gasteiger partial charge in [-0.25, -0.2) is 0 Å². The first-order valence-corrected chi connectivity index (χ1v) is 4.41. The van der Waals surface area contributed by atoms with Crippen molar-refractivity contribution in [2.45, 2.75) is 6.92 Å². The van der Waals surface area contributed by atoms with Crippen LogP contribution in [-0.4, -0.2) is 17.9 Å². The van der Waals surface area contributed by atoms with Crippen molar-refractivity contribution in [2.75, 3.05) is 7.11 Å². The minimum absolute atomic E-state index is 0.0459. The summed E-state index contributed by atoms with van der Waals surface area (Å²) in [5.74, 6) is 0.694. The van der Waals surface area contributed by atoms with Gasteiger partial charge < -0.3 is 7.80 Å². The maximum atomic E-state index is 11.0. The Labute approximate surface area is 89.9 Å². The van der Waals surface area contributed by atoms with Gasteiger partial charge in [0.05, 0.1) is 7.11 Å². The van der Waals surface area contributed by atoms with E-state index >= 15 is 0 Å². The molecule has 0 aliphatic rings. The number of rotatable bonds is 3. The Balaban J connectivity index is 3.14. The highest BCUT2D eigenvalue weighted by Crippen LogP contribution is 2.19. The van der Waals surface area contributed by atoms with E-state index < -0.39 is 0 Å².